The lowest BCUT2D eigenvalue weighted by molar-refractivity contribution is -0.117. The molecule has 8 nitrogen and oxygen atoms in total. The first kappa shape index (κ1) is 21.7. The number of hydrogen-bond donors (Lipinski definition) is 2. The molecule has 0 fully saturated rings. The minimum Gasteiger partial charge on any atom is -0.339 e. The molecule has 2 aromatic carbocycles. The van der Waals surface area contributed by atoms with Gasteiger partial charge in [0, 0.05) is 18.2 Å². The van der Waals surface area contributed by atoms with Crippen molar-refractivity contribution in [2.75, 3.05) is 5.32 Å². The van der Waals surface area contributed by atoms with Gasteiger partial charge >= 0.3 is 0 Å². The first-order valence-corrected chi connectivity index (χ1v) is 10.9. The number of aromatic nitrogens is 2. The Morgan fingerprint density at radius 1 is 1.07 bits per heavy atom. The zero-order valence-corrected chi connectivity index (χ0v) is 18.3. The summed E-state index contributed by atoms with van der Waals surface area (Å²) >= 11 is 0. The van der Waals surface area contributed by atoms with Gasteiger partial charge in [-0.1, -0.05) is 29.4 Å². The van der Waals surface area contributed by atoms with Gasteiger partial charge in [-0.15, -0.1) is 0 Å². The summed E-state index contributed by atoms with van der Waals surface area (Å²) in [6.07, 6.45) is 0. The van der Waals surface area contributed by atoms with Crippen molar-refractivity contribution in [1.29, 1.82) is 0 Å². The lowest BCUT2D eigenvalue weighted by Crippen LogP contribution is -2.41. The molecule has 30 heavy (non-hydrogen) atoms. The third kappa shape index (κ3) is 4.58. The van der Waals surface area contributed by atoms with E-state index in [1.807, 2.05) is 26.0 Å². The molecule has 0 spiro atoms. The highest BCUT2D eigenvalue weighted by molar-refractivity contribution is 7.89. The second kappa shape index (κ2) is 8.37. The van der Waals surface area contributed by atoms with E-state index in [4.69, 9.17) is 4.52 Å². The van der Waals surface area contributed by atoms with Crippen LogP contribution in [0.1, 0.15) is 29.5 Å². The van der Waals surface area contributed by atoms with E-state index in [1.54, 1.807) is 32.0 Å². The summed E-state index contributed by atoms with van der Waals surface area (Å²) in [6.45, 7) is 8.67. The van der Waals surface area contributed by atoms with Crippen molar-refractivity contribution in [3.8, 4) is 11.4 Å². The number of rotatable bonds is 6. The Morgan fingerprint density at radius 3 is 2.47 bits per heavy atom. The quantitative estimate of drug-likeness (QED) is 0.623. The van der Waals surface area contributed by atoms with Gasteiger partial charge in [-0.2, -0.15) is 9.71 Å². The number of hydrogen-bond acceptors (Lipinski definition) is 6. The summed E-state index contributed by atoms with van der Waals surface area (Å²) in [4.78, 5) is 16.8. The van der Waals surface area contributed by atoms with Gasteiger partial charge in [0.2, 0.25) is 27.6 Å². The van der Waals surface area contributed by atoms with Gasteiger partial charge in [0.25, 0.3) is 0 Å². The van der Waals surface area contributed by atoms with Crippen molar-refractivity contribution < 1.29 is 17.7 Å². The van der Waals surface area contributed by atoms with Crippen molar-refractivity contribution in [2.24, 2.45) is 0 Å². The second-order valence-corrected chi connectivity index (χ2v) is 8.88. The van der Waals surface area contributed by atoms with E-state index >= 15 is 0 Å². The predicted octanol–water partition coefficient (Wildman–Crippen LogP) is 3.28. The smallest absolute Gasteiger partial charge is 0.242 e. The van der Waals surface area contributed by atoms with Crippen molar-refractivity contribution in [3.63, 3.8) is 0 Å². The molecule has 2 N–H and O–H groups in total. The lowest BCUT2D eigenvalue weighted by atomic mass is 10.1. The molecule has 0 radical (unpaired) electrons. The van der Waals surface area contributed by atoms with Crippen molar-refractivity contribution in [2.45, 2.75) is 45.6 Å². The number of nitrogens with zero attached hydrogens (tertiary/aromatic N) is 2. The molecular formula is C21H24N4O4S. The molecule has 0 aliphatic carbocycles. The number of amides is 1. The van der Waals surface area contributed by atoms with Gasteiger partial charge in [0.1, 0.15) is 0 Å². The molecule has 0 aliphatic heterocycles. The Morgan fingerprint density at radius 2 is 1.80 bits per heavy atom. The maximum absolute atomic E-state index is 13.0. The summed E-state index contributed by atoms with van der Waals surface area (Å²) in [5.74, 6) is 0.226. The van der Waals surface area contributed by atoms with Crippen molar-refractivity contribution >= 4 is 21.6 Å². The third-order valence-corrected chi connectivity index (χ3v) is 6.53. The van der Waals surface area contributed by atoms with Crippen LogP contribution in [-0.4, -0.2) is 30.5 Å². The number of benzene rings is 2. The number of carbonyl (C=O) groups excluding carboxylic acids is 1. The van der Waals surface area contributed by atoms with Crippen LogP contribution in [0.5, 0.6) is 0 Å². The van der Waals surface area contributed by atoms with Gasteiger partial charge < -0.3 is 9.84 Å². The van der Waals surface area contributed by atoms with Crippen LogP contribution in [0.15, 0.2) is 45.8 Å². The van der Waals surface area contributed by atoms with Gasteiger partial charge in [-0.3, -0.25) is 4.79 Å². The van der Waals surface area contributed by atoms with E-state index < -0.39 is 22.0 Å². The fourth-order valence-corrected chi connectivity index (χ4v) is 4.40. The van der Waals surface area contributed by atoms with Gasteiger partial charge in [-0.25, -0.2) is 8.42 Å². The van der Waals surface area contributed by atoms with Crippen LogP contribution in [0.25, 0.3) is 11.4 Å². The third-order valence-electron chi connectivity index (χ3n) is 4.85. The maximum Gasteiger partial charge on any atom is 0.242 e. The van der Waals surface area contributed by atoms with Gasteiger partial charge in [0.15, 0.2) is 0 Å². The molecule has 3 rings (SSSR count). The number of aryl methyl sites for hydroxylation is 3. The average molecular weight is 429 g/mol. The minimum absolute atomic E-state index is 0.0499. The summed E-state index contributed by atoms with van der Waals surface area (Å²) in [5.41, 5.74) is 3.65. The largest absolute Gasteiger partial charge is 0.339 e. The van der Waals surface area contributed by atoms with E-state index in [1.165, 1.54) is 13.0 Å². The highest BCUT2D eigenvalue weighted by Crippen LogP contribution is 2.24. The molecule has 1 amide bonds. The monoisotopic (exact) mass is 428 g/mol. The molecule has 9 heteroatoms. The van der Waals surface area contributed by atoms with Gasteiger partial charge in [-0.05, 0) is 56.5 Å². The first-order valence-electron chi connectivity index (χ1n) is 9.39. The van der Waals surface area contributed by atoms with Gasteiger partial charge in [0.05, 0.1) is 10.9 Å². The lowest BCUT2D eigenvalue weighted by Gasteiger charge is -2.17. The molecule has 0 saturated heterocycles. The fourth-order valence-electron chi connectivity index (χ4n) is 2.92. The Bertz CT molecular complexity index is 1200. The van der Waals surface area contributed by atoms with Crippen LogP contribution < -0.4 is 10.0 Å². The standard InChI is InChI=1S/C21H24N4O4S/c1-12-7-6-8-18(14(12)3)23-21(26)15(4)25-30(27,28)19-11-17(10-9-13(19)2)20-22-16(5)29-24-20/h6-11,15,25H,1-5H3,(H,23,26)/t15-/m1/s1. The second-order valence-electron chi connectivity index (χ2n) is 7.20. The minimum atomic E-state index is -3.97. The number of carbonyl (C=O) groups is 1. The molecule has 0 aliphatic rings. The van der Waals surface area contributed by atoms with Crippen LogP contribution in [0.2, 0.25) is 0 Å². The number of nitrogens with one attached hydrogen (secondary N) is 2. The van der Waals surface area contributed by atoms with E-state index in [9.17, 15) is 13.2 Å². The summed E-state index contributed by atoms with van der Waals surface area (Å²) in [6, 6.07) is 9.43. The van der Waals surface area contributed by atoms with Crippen molar-refractivity contribution in [1.82, 2.24) is 14.9 Å². The topological polar surface area (TPSA) is 114 Å². The Labute approximate surface area is 175 Å². The highest BCUT2D eigenvalue weighted by Gasteiger charge is 2.25. The average Bonchev–Trinajstić information content (AvgIpc) is 3.11. The van der Waals surface area contributed by atoms with E-state index in [0.717, 1.165) is 11.1 Å². The fraction of sp³-hybridized carbons (Fsp3) is 0.286. The molecule has 3 aromatic rings. The Kier molecular flexibility index (Phi) is 6.04. The molecular weight excluding hydrogens is 404 g/mol. The number of anilines is 1. The molecule has 0 unspecified atom stereocenters. The summed E-state index contributed by atoms with van der Waals surface area (Å²) in [7, 11) is -3.97. The Hall–Kier alpha value is -3.04. The van der Waals surface area contributed by atoms with E-state index in [-0.39, 0.29) is 4.90 Å². The van der Waals surface area contributed by atoms with Crippen LogP contribution in [-0.2, 0) is 14.8 Å². The SMILES string of the molecule is Cc1nc(-c2ccc(C)c(S(=O)(=O)N[C@H](C)C(=O)Nc3cccc(C)c3C)c2)no1. The van der Waals surface area contributed by atoms with Crippen LogP contribution in [0.3, 0.4) is 0 Å². The van der Waals surface area contributed by atoms with Crippen molar-refractivity contribution in [3.05, 3.63) is 59.0 Å². The highest BCUT2D eigenvalue weighted by atomic mass is 32.2. The van der Waals surface area contributed by atoms with Crippen LogP contribution in [0.4, 0.5) is 5.69 Å². The Balaban J connectivity index is 1.82. The van der Waals surface area contributed by atoms with Crippen LogP contribution in [0, 0.1) is 27.7 Å². The molecule has 1 aromatic heterocycles. The normalized spacial score (nSPS) is 12.6. The van der Waals surface area contributed by atoms with E-state index in [0.29, 0.717) is 28.5 Å². The predicted molar refractivity (Wildman–Crippen MR) is 114 cm³/mol. The number of sulfonamides is 1. The molecule has 1 heterocycles. The summed E-state index contributed by atoms with van der Waals surface area (Å²) in [5, 5.41) is 6.61. The molecule has 0 saturated carbocycles. The van der Waals surface area contributed by atoms with E-state index in [2.05, 4.69) is 20.2 Å². The molecule has 158 valence electrons. The summed E-state index contributed by atoms with van der Waals surface area (Å²) < 4.78 is 33.4. The zero-order valence-electron chi connectivity index (χ0n) is 17.5. The maximum atomic E-state index is 13.0. The zero-order chi connectivity index (χ0) is 22.1. The molecule has 0 bridgehead atoms. The first-order chi connectivity index (χ1) is 14.1. The van der Waals surface area contributed by atoms with Crippen LogP contribution >= 0.6 is 0 Å². The molecule has 1 atom stereocenters.